The first kappa shape index (κ1) is 23.7. The lowest BCUT2D eigenvalue weighted by atomic mass is 9.61. The van der Waals surface area contributed by atoms with Gasteiger partial charge in [-0.2, -0.15) is 0 Å². The molecule has 0 spiro atoms. The molecule has 2 aliphatic carbocycles. The number of allylic oxidation sites excluding steroid dienone is 2. The molecule has 4 unspecified atom stereocenters. The Morgan fingerprint density at radius 3 is 2.58 bits per heavy atom. The van der Waals surface area contributed by atoms with Crippen LogP contribution < -0.4 is 4.74 Å². The number of esters is 1. The molecule has 6 heteroatoms. The second kappa shape index (κ2) is 10.6. The van der Waals surface area contributed by atoms with E-state index in [9.17, 15) is 9.59 Å². The Labute approximate surface area is 196 Å². The lowest BCUT2D eigenvalue weighted by Crippen LogP contribution is -2.47. The van der Waals surface area contributed by atoms with Crippen molar-refractivity contribution in [1.82, 2.24) is 0 Å². The van der Waals surface area contributed by atoms with Crippen molar-refractivity contribution in [2.75, 3.05) is 27.4 Å². The van der Waals surface area contributed by atoms with Crippen LogP contribution in [0.5, 0.6) is 5.75 Å². The summed E-state index contributed by atoms with van der Waals surface area (Å²) in [4.78, 5) is 31.7. The third-order valence-electron chi connectivity index (χ3n) is 7.50. The highest BCUT2D eigenvalue weighted by Crippen LogP contribution is 2.49. The predicted octanol–water partition coefficient (Wildman–Crippen LogP) is 4.73. The monoisotopic (exact) mass is 453 g/mol. The number of fused-ring (bicyclic) bond motifs is 1. The summed E-state index contributed by atoms with van der Waals surface area (Å²) in [5.41, 5.74) is 2.57. The minimum absolute atomic E-state index is 0.0753. The summed E-state index contributed by atoms with van der Waals surface area (Å²) in [7, 11) is 3.24. The molecule has 3 aliphatic rings. The van der Waals surface area contributed by atoms with E-state index in [1.54, 1.807) is 14.2 Å². The Morgan fingerprint density at radius 2 is 1.85 bits per heavy atom. The number of rotatable bonds is 7. The van der Waals surface area contributed by atoms with Gasteiger partial charge in [0.1, 0.15) is 18.1 Å². The molecule has 0 radical (unpaired) electrons. The van der Waals surface area contributed by atoms with Gasteiger partial charge in [0.2, 0.25) is 0 Å². The summed E-state index contributed by atoms with van der Waals surface area (Å²) in [5, 5.41) is 0. The fraction of sp³-hybridized carbons (Fsp3) is 0.593. The normalized spacial score (nSPS) is 27.9. The van der Waals surface area contributed by atoms with E-state index in [1.165, 1.54) is 6.42 Å². The van der Waals surface area contributed by atoms with E-state index in [2.05, 4.69) is 6.08 Å². The number of carbonyl (C=O) groups excluding carboxylic acids is 2. The topological polar surface area (TPSA) is 74.2 Å². The maximum absolute atomic E-state index is 13.7. The summed E-state index contributed by atoms with van der Waals surface area (Å²) in [6.45, 7) is 2.48. The van der Waals surface area contributed by atoms with Crippen LogP contribution in [-0.2, 0) is 19.1 Å². The van der Waals surface area contributed by atoms with Gasteiger partial charge in [-0.3, -0.25) is 14.6 Å². The number of carbonyl (C=O) groups is 2. The van der Waals surface area contributed by atoms with Gasteiger partial charge in [0.15, 0.2) is 0 Å². The summed E-state index contributed by atoms with van der Waals surface area (Å²) < 4.78 is 16.2. The maximum Gasteiger partial charge on any atom is 0.315 e. The first-order valence-corrected chi connectivity index (χ1v) is 12.1. The van der Waals surface area contributed by atoms with Crippen LogP contribution in [0.4, 0.5) is 0 Å². The lowest BCUT2D eigenvalue weighted by Gasteiger charge is -2.44. The van der Waals surface area contributed by atoms with Crippen molar-refractivity contribution in [2.45, 2.75) is 51.4 Å². The van der Waals surface area contributed by atoms with Gasteiger partial charge >= 0.3 is 5.97 Å². The Hall–Kier alpha value is -2.47. The molecule has 1 aromatic carbocycles. The van der Waals surface area contributed by atoms with Crippen LogP contribution in [0.2, 0.25) is 0 Å². The van der Waals surface area contributed by atoms with E-state index < -0.39 is 5.92 Å². The number of para-hydroxylation sites is 1. The number of hydrogen-bond acceptors (Lipinski definition) is 6. The van der Waals surface area contributed by atoms with Gasteiger partial charge in [0, 0.05) is 36.4 Å². The van der Waals surface area contributed by atoms with E-state index >= 15 is 0 Å². The number of benzene rings is 1. The molecule has 1 aliphatic heterocycles. The molecule has 1 saturated carbocycles. The Bertz CT molecular complexity index is 930. The summed E-state index contributed by atoms with van der Waals surface area (Å²) >= 11 is 0. The number of aliphatic imine (C=N–C) groups is 1. The highest BCUT2D eigenvalue weighted by Gasteiger charge is 2.50. The van der Waals surface area contributed by atoms with Gasteiger partial charge in [-0.15, -0.1) is 0 Å². The fourth-order valence-electron chi connectivity index (χ4n) is 6.02. The predicted molar refractivity (Wildman–Crippen MR) is 126 cm³/mol. The molecule has 0 bridgehead atoms. The third-order valence-corrected chi connectivity index (χ3v) is 7.50. The van der Waals surface area contributed by atoms with Crippen LogP contribution in [0.25, 0.3) is 0 Å². The first-order chi connectivity index (χ1) is 16.0. The van der Waals surface area contributed by atoms with Crippen molar-refractivity contribution in [3.8, 4) is 5.75 Å². The van der Waals surface area contributed by atoms with Crippen LogP contribution in [0.3, 0.4) is 0 Å². The number of ether oxygens (including phenoxy) is 3. The van der Waals surface area contributed by atoms with Crippen molar-refractivity contribution in [1.29, 1.82) is 0 Å². The number of methoxy groups -OCH3 is 2. The summed E-state index contributed by atoms with van der Waals surface area (Å²) in [6.07, 6.45) is 8.14. The summed E-state index contributed by atoms with van der Waals surface area (Å²) in [5.74, 6) is 0.0212. The van der Waals surface area contributed by atoms with Crippen molar-refractivity contribution < 1.29 is 23.8 Å². The first-order valence-electron chi connectivity index (χ1n) is 12.1. The Morgan fingerprint density at radius 1 is 1.09 bits per heavy atom. The standard InChI is InChI=1S/C27H35NO5/c1-17-24(27(30)33-14-13-31-2)25(18-9-5-4-6-10-18)26-21(28-17)15-19(16-22(26)29)20-11-7-8-12-23(20)32-3/h7-8,11-12,15,18-19,24-26H,4-6,9-10,13-14,16H2,1-3H3. The van der Waals surface area contributed by atoms with Crippen LogP contribution in [0, 0.1) is 23.7 Å². The molecule has 0 aromatic heterocycles. The van der Waals surface area contributed by atoms with Crippen LogP contribution in [0.15, 0.2) is 41.0 Å². The van der Waals surface area contributed by atoms with Gasteiger partial charge in [-0.05, 0) is 24.8 Å². The van der Waals surface area contributed by atoms with Crippen LogP contribution in [0.1, 0.15) is 56.9 Å². The second-order valence-electron chi connectivity index (χ2n) is 9.45. The third kappa shape index (κ3) is 4.91. The molecule has 1 aromatic rings. The highest BCUT2D eigenvalue weighted by atomic mass is 16.6. The molecular formula is C27H35NO5. The van der Waals surface area contributed by atoms with Crippen LogP contribution in [-0.4, -0.2) is 44.9 Å². The summed E-state index contributed by atoms with van der Waals surface area (Å²) in [6, 6.07) is 7.85. The van der Waals surface area contributed by atoms with E-state index in [4.69, 9.17) is 19.2 Å². The zero-order valence-electron chi connectivity index (χ0n) is 19.9. The van der Waals surface area contributed by atoms with Gasteiger partial charge in [-0.1, -0.05) is 56.4 Å². The van der Waals surface area contributed by atoms with E-state index in [0.29, 0.717) is 18.9 Å². The zero-order chi connectivity index (χ0) is 23.4. The zero-order valence-corrected chi connectivity index (χ0v) is 19.9. The molecule has 0 saturated heterocycles. The molecule has 6 nitrogen and oxygen atoms in total. The molecule has 1 heterocycles. The largest absolute Gasteiger partial charge is 0.496 e. The number of ketones is 1. The van der Waals surface area contributed by atoms with Gasteiger partial charge in [0.05, 0.1) is 25.6 Å². The number of nitrogens with zero attached hydrogens (tertiary/aromatic N) is 1. The molecule has 4 atom stereocenters. The molecule has 4 rings (SSSR count). The van der Waals surface area contributed by atoms with E-state index in [1.807, 2.05) is 31.2 Å². The fourth-order valence-corrected chi connectivity index (χ4v) is 6.02. The van der Waals surface area contributed by atoms with Gasteiger partial charge < -0.3 is 14.2 Å². The number of Topliss-reactive ketones (excluding diaryl/α,β-unsaturated/α-hetero) is 1. The van der Waals surface area contributed by atoms with Crippen molar-refractivity contribution >= 4 is 17.5 Å². The van der Waals surface area contributed by atoms with Gasteiger partial charge in [-0.25, -0.2) is 0 Å². The molecule has 33 heavy (non-hydrogen) atoms. The maximum atomic E-state index is 13.7. The molecule has 0 amide bonds. The number of hydrogen-bond donors (Lipinski definition) is 0. The molecule has 1 fully saturated rings. The quantitative estimate of drug-likeness (QED) is 0.441. The lowest BCUT2D eigenvalue weighted by molar-refractivity contribution is -0.151. The molecule has 178 valence electrons. The smallest absolute Gasteiger partial charge is 0.315 e. The molecular weight excluding hydrogens is 418 g/mol. The SMILES string of the molecule is COCCOC(=O)C1C(C)=NC2=CC(c3ccccc3OC)CC(=O)C2C1C1CCCCC1. The Balaban J connectivity index is 1.72. The Kier molecular flexibility index (Phi) is 7.63. The van der Waals surface area contributed by atoms with E-state index in [0.717, 1.165) is 48.4 Å². The van der Waals surface area contributed by atoms with Crippen molar-refractivity contribution in [3.63, 3.8) is 0 Å². The molecule has 0 N–H and O–H groups in total. The van der Waals surface area contributed by atoms with Gasteiger partial charge in [0.25, 0.3) is 0 Å². The minimum Gasteiger partial charge on any atom is -0.496 e. The van der Waals surface area contributed by atoms with Crippen molar-refractivity contribution in [3.05, 3.63) is 41.6 Å². The average Bonchev–Trinajstić information content (AvgIpc) is 2.83. The average molecular weight is 454 g/mol. The highest BCUT2D eigenvalue weighted by molar-refractivity contribution is 6.04. The van der Waals surface area contributed by atoms with E-state index in [-0.39, 0.29) is 36.1 Å². The minimum atomic E-state index is -0.473. The second-order valence-corrected chi connectivity index (χ2v) is 9.45. The van der Waals surface area contributed by atoms with Crippen molar-refractivity contribution in [2.24, 2.45) is 28.7 Å². The van der Waals surface area contributed by atoms with Crippen LogP contribution >= 0.6 is 0 Å².